The van der Waals surface area contributed by atoms with Crippen molar-refractivity contribution in [2.75, 3.05) is 0 Å². The lowest BCUT2D eigenvalue weighted by molar-refractivity contribution is 0.0945. The average Bonchev–Trinajstić information content (AvgIpc) is 3.28. The van der Waals surface area contributed by atoms with E-state index < -0.39 is 0 Å². The van der Waals surface area contributed by atoms with Crippen LogP contribution in [0.25, 0.3) is 22.4 Å². The summed E-state index contributed by atoms with van der Waals surface area (Å²) >= 11 is 0. The first-order valence-corrected chi connectivity index (χ1v) is 7.34. The van der Waals surface area contributed by atoms with E-state index in [0.29, 0.717) is 29.3 Å². The Morgan fingerprint density at radius 2 is 1.92 bits per heavy atom. The van der Waals surface area contributed by atoms with Crippen molar-refractivity contribution in [1.29, 1.82) is 0 Å². The molecule has 0 radical (unpaired) electrons. The maximum absolute atomic E-state index is 12.3. The predicted molar refractivity (Wildman–Crippen MR) is 86.9 cm³/mol. The van der Waals surface area contributed by atoms with Gasteiger partial charge in [-0.3, -0.25) is 20.0 Å². The number of nitrogens with one attached hydrogen (secondary N) is 3. The number of amides is 1. The number of carbonyl (C=O) groups excluding carboxylic acids is 1. The molecule has 3 N–H and O–H groups in total. The second kappa shape index (κ2) is 5.92. The highest BCUT2D eigenvalue weighted by Gasteiger charge is 2.13. The van der Waals surface area contributed by atoms with Gasteiger partial charge in [0.15, 0.2) is 5.65 Å². The van der Waals surface area contributed by atoms with Crippen LogP contribution in [0.3, 0.4) is 0 Å². The third-order valence-electron chi connectivity index (χ3n) is 3.58. The van der Waals surface area contributed by atoms with Crippen LogP contribution in [-0.2, 0) is 6.54 Å². The number of nitrogens with zero attached hydrogens (tertiary/aromatic N) is 4. The molecule has 4 aromatic rings. The van der Waals surface area contributed by atoms with Gasteiger partial charge in [-0.2, -0.15) is 10.2 Å². The van der Waals surface area contributed by atoms with E-state index in [1.165, 1.54) is 0 Å². The summed E-state index contributed by atoms with van der Waals surface area (Å²) in [6.45, 7) is 0.318. The molecule has 8 nitrogen and oxygen atoms in total. The van der Waals surface area contributed by atoms with Gasteiger partial charge >= 0.3 is 0 Å². The number of aromatic amines is 2. The first kappa shape index (κ1) is 14.1. The third kappa shape index (κ3) is 2.60. The molecular weight excluding hydrogens is 306 g/mol. The number of rotatable bonds is 4. The Morgan fingerprint density at radius 1 is 1.00 bits per heavy atom. The van der Waals surface area contributed by atoms with Crippen molar-refractivity contribution in [3.05, 3.63) is 60.2 Å². The molecular formula is C16H13N7O. The standard InChI is InChI=1S/C16H13N7O/c24-16(13-8-12(20-21-13)11-5-1-2-6-17-11)19-9-14-10-4-3-7-18-15(10)23-22-14/h1-8H,9H2,(H,19,24)(H,20,21)(H,18,22,23). The Hall–Kier alpha value is -3.55. The van der Waals surface area contributed by atoms with E-state index in [1.54, 1.807) is 18.5 Å². The van der Waals surface area contributed by atoms with Crippen molar-refractivity contribution in [3.8, 4) is 11.4 Å². The molecule has 118 valence electrons. The van der Waals surface area contributed by atoms with E-state index in [2.05, 4.69) is 35.7 Å². The van der Waals surface area contributed by atoms with Gasteiger partial charge in [0.2, 0.25) is 0 Å². The van der Waals surface area contributed by atoms with Gasteiger partial charge < -0.3 is 5.32 Å². The Labute approximate surface area is 136 Å². The molecule has 0 atom stereocenters. The SMILES string of the molecule is O=C(NCc1[nH]nc2ncccc12)c1cc(-c2ccccn2)n[nH]1. The Balaban J connectivity index is 1.48. The van der Waals surface area contributed by atoms with Crippen molar-refractivity contribution in [2.45, 2.75) is 6.54 Å². The first-order valence-electron chi connectivity index (χ1n) is 7.34. The highest BCUT2D eigenvalue weighted by Crippen LogP contribution is 2.15. The van der Waals surface area contributed by atoms with Gasteiger partial charge in [0, 0.05) is 17.8 Å². The lowest BCUT2D eigenvalue weighted by atomic mass is 10.2. The summed E-state index contributed by atoms with van der Waals surface area (Å²) in [5, 5.41) is 17.6. The van der Waals surface area contributed by atoms with Gasteiger partial charge in [-0.25, -0.2) is 4.98 Å². The highest BCUT2D eigenvalue weighted by molar-refractivity contribution is 5.93. The molecule has 4 rings (SSSR count). The second-order valence-electron chi connectivity index (χ2n) is 5.14. The van der Waals surface area contributed by atoms with Crippen LogP contribution in [0.2, 0.25) is 0 Å². The number of fused-ring (bicyclic) bond motifs is 1. The molecule has 0 aliphatic heterocycles. The molecule has 1 amide bonds. The molecule has 0 spiro atoms. The summed E-state index contributed by atoms with van der Waals surface area (Å²) < 4.78 is 0. The number of pyridine rings is 2. The largest absolute Gasteiger partial charge is 0.345 e. The lowest BCUT2D eigenvalue weighted by Gasteiger charge is -2.01. The van der Waals surface area contributed by atoms with E-state index in [4.69, 9.17) is 0 Å². The Bertz CT molecular complexity index is 990. The average molecular weight is 319 g/mol. The fraction of sp³-hybridized carbons (Fsp3) is 0.0625. The molecule has 8 heteroatoms. The Kier molecular flexibility index (Phi) is 3.47. The maximum atomic E-state index is 12.3. The zero-order valence-electron chi connectivity index (χ0n) is 12.5. The van der Waals surface area contributed by atoms with Gasteiger partial charge in [-0.15, -0.1) is 0 Å². The minimum atomic E-state index is -0.253. The second-order valence-corrected chi connectivity index (χ2v) is 5.14. The van der Waals surface area contributed by atoms with E-state index in [0.717, 1.165) is 11.1 Å². The smallest absolute Gasteiger partial charge is 0.269 e. The number of hydrogen-bond donors (Lipinski definition) is 3. The van der Waals surface area contributed by atoms with Gasteiger partial charge in [0.1, 0.15) is 11.4 Å². The molecule has 0 aliphatic rings. The van der Waals surface area contributed by atoms with Crippen molar-refractivity contribution in [2.24, 2.45) is 0 Å². The minimum Gasteiger partial charge on any atom is -0.345 e. The molecule has 0 fully saturated rings. The fourth-order valence-corrected chi connectivity index (χ4v) is 2.38. The first-order chi connectivity index (χ1) is 11.8. The third-order valence-corrected chi connectivity index (χ3v) is 3.58. The van der Waals surface area contributed by atoms with Gasteiger partial charge in [0.05, 0.1) is 17.9 Å². The zero-order chi connectivity index (χ0) is 16.4. The molecule has 0 bridgehead atoms. The van der Waals surface area contributed by atoms with Crippen LogP contribution in [-0.4, -0.2) is 36.3 Å². The van der Waals surface area contributed by atoms with Crippen LogP contribution in [0.1, 0.15) is 16.2 Å². The summed E-state index contributed by atoms with van der Waals surface area (Å²) in [6.07, 6.45) is 3.36. The normalized spacial score (nSPS) is 10.8. The summed E-state index contributed by atoms with van der Waals surface area (Å²) in [5.74, 6) is -0.253. The molecule has 0 aliphatic carbocycles. The highest BCUT2D eigenvalue weighted by atomic mass is 16.1. The van der Waals surface area contributed by atoms with E-state index >= 15 is 0 Å². The van der Waals surface area contributed by atoms with Crippen LogP contribution in [0.15, 0.2) is 48.8 Å². The van der Waals surface area contributed by atoms with E-state index in [-0.39, 0.29) is 5.91 Å². The van der Waals surface area contributed by atoms with Gasteiger partial charge in [0.25, 0.3) is 5.91 Å². The van der Waals surface area contributed by atoms with Crippen LogP contribution < -0.4 is 5.32 Å². The van der Waals surface area contributed by atoms with Crippen molar-refractivity contribution >= 4 is 16.9 Å². The predicted octanol–water partition coefficient (Wildman–Crippen LogP) is 1.67. The molecule has 4 aromatic heterocycles. The molecule has 24 heavy (non-hydrogen) atoms. The number of aromatic nitrogens is 6. The lowest BCUT2D eigenvalue weighted by Crippen LogP contribution is -2.23. The molecule has 4 heterocycles. The van der Waals surface area contributed by atoms with Crippen molar-refractivity contribution in [1.82, 2.24) is 35.7 Å². The zero-order valence-corrected chi connectivity index (χ0v) is 12.5. The summed E-state index contributed by atoms with van der Waals surface area (Å²) in [7, 11) is 0. The molecule has 0 aromatic carbocycles. The number of H-pyrrole nitrogens is 2. The molecule has 0 saturated heterocycles. The number of carbonyl (C=O) groups is 1. The summed E-state index contributed by atoms with van der Waals surface area (Å²) in [4.78, 5) is 20.6. The Morgan fingerprint density at radius 3 is 2.79 bits per heavy atom. The molecule has 0 unspecified atom stereocenters. The van der Waals surface area contributed by atoms with Crippen LogP contribution in [0.4, 0.5) is 0 Å². The van der Waals surface area contributed by atoms with E-state index in [9.17, 15) is 4.79 Å². The van der Waals surface area contributed by atoms with Crippen LogP contribution in [0, 0.1) is 0 Å². The van der Waals surface area contributed by atoms with Gasteiger partial charge in [-0.05, 0) is 30.3 Å². The van der Waals surface area contributed by atoms with Crippen LogP contribution >= 0.6 is 0 Å². The van der Waals surface area contributed by atoms with Crippen molar-refractivity contribution in [3.63, 3.8) is 0 Å². The molecule has 0 saturated carbocycles. The quantitative estimate of drug-likeness (QED) is 0.530. The van der Waals surface area contributed by atoms with E-state index in [1.807, 2.05) is 30.3 Å². The van der Waals surface area contributed by atoms with Crippen molar-refractivity contribution < 1.29 is 4.79 Å². The number of hydrogen-bond acceptors (Lipinski definition) is 5. The maximum Gasteiger partial charge on any atom is 0.269 e. The monoisotopic (exact) mass is 319 g/mol. The fourth-order valence-electron chi connectivity index (χ4n) is 2.38. The minimum absolute atomic E-state index is 0.253. The van der Waals surface area contributed by atoms with Crippen LogP contribution in [0.5, 0.6) is 0 Å². The summed E-state index contributed by atoms with van der Waals surface area (Å²) in [6, 6.07) is 10.9. The van der Waals surface area contributed by atoms with Gasteiger partial charge in [-0.1, -0.05) is 6.07 Å². The topological polar surface area (TPSA) is 112 Å². The summed E-state index contributed by atoms with van der Waals surface area (Å²) in [5.41, 5.74) is 3.13.